The summed E-state index contributed by atoms with van der Waals surface area (Å²) in [6.45, 7) is 3.44. The molecule has 1 aromatic heterocycles. The van der Waals surface area contributed by atoms with E-state index in [2.05, 4.69) is 34.4 Å². The number of hydrogen-bond acceptors (Lipinski definition) is 6. The number of nitrogens with zero attached hydrogens (tertiary/aromatic N) is 3. The lowest BCUT2D eigenvalue weighted by molar-refractivity contribution is -0.128. The Balaban J connectivity index is 1.31. The van der Waals surface area contributed by atoms with Crippen LogP contribution < -0.4 is 9.47 Å². The number of carbonyl (C=O) groups is 1. The van der Waals surface area contributed by atoms with Gasteiger partial charge >= 0.3 is 0 Å². The molecular formula is C21H19N3O4. The van der Waals surface area contributed by atoms with Crippen molar-refractivity contribution in [3.05, 3.63) is 59.5 Å². The first-order valence-corrected chi connectivity index (χ1v) is 9.22. The molecule has 1 atom stereocenters. The van der Waals surface area contributed by atoms with Crippen molar-refractivity contribution in [3.63, 3.8) is 0 Å². The Labute approximate surface area is 161 Å². The first-order chi connectivity index (χ1) is 13.7. The summed E-state index contributed by atoms with van der Waals surface area (Å²) in [6, 6.07) is 13.8. The number of aryl methyl sites for hydroxylation is 1. The fraction of sp³-hybridized carbons (Fsp3) is 0.286. The van der Waals surface area contributed by atoms with Gasteiger partial charge in [-0.1, -0.05) is 35.0 Å². The molecule has 2 aliphatic heterocycles. The molecule has 28 heavy (non-hydrogen) atoms. The standard InChI is InChI=1S/C21H19N3O4/c1-13-2-4-14(5-3-13)10-24-11-16(9-19(24)25)21-22-20(23-28-21)15-6-7-17-18(8-15)27-12-26-17/h2-8,16H,9-12H2,1H3. The van der Waals surface area contributed by atoms with E-state index in [0.717, 1.165) is 11.1 Å². The lowest BCUT2D eigenvalue weighted by Gasteiger charge is -2.16. The summed E-state index contributed by atoms with van der Waals surface area (Å²) in [5, 5.41) is 4.09. The van der Waals surface area contributed by atoms with Crippen LogP contribution in [0, 0.1) is 6.92 Å². The lowest BCUT2D eigenvalue weighted by Crippen LogP contribution is -2.24. The molecule has 7 heteroatoms. The van der Waals surface area contributed by atoms with Crippen molar-refractivity contribution in [2.75, 3.05) is 13.3 Å². The van der Waals surface area contributed by atoms with Gasteiger partial charge in [0, 0.05) is 25.1 Å². The fourth-order valence-corrected chi connectivity index (χ4v) is 3.56. The second kappa shape index (κ2) is 6.67. The summed E-state index contributed by atoms with van der Waals surface area (Å²) in [5.74, 6) is 2.37. The van der Waals surface area contributed by atoms with Gasteiger partial charge in [0.2, 0.25) is 24.4 Å². The molecule has 0 saturated carbocycles. The predicted molar refractivity (Wildman–Crippen MR) is 99.8 cm³/mol. The summed E-state index contributed by atoms with van der Waals surface area (Å²) in [6.07, 6.45) is 0.384. The molecule has 2 aliphatic rings. The Hall–Kier alpha value is -3.35. The highest BCUT2D eigenvalue weighted by molar-refractivity contribution is 5.79. The molecule has 1 amide bonds. The normalized spacial score (nSPS) is 18.1. The zero-order valence-corrected chi connectivity index (χ0v) is 15.4. The SMILES string of the molecule is Cc1ccc(CN2CC(c3nc(-c4ccc5c(c4)OCO5)no3)CC2=O)cc1. The van der Waals surface area contributed by atoms with Crippen molar-refractivity contribution >= 4 is 5.91 Å². The molecular weight excluding hydrogens is 358 g/mol. The highest BCUT2D eigenvalue weighted by Gasteiger charge is 2.34. The molecule has 0 N–H and O–H groups in total. The second-order valence-electron chi connectivity index (χ2n) is 7.19. The molecule has 2 aromatic carbocycles. The highest BCUT2D eigenvalue weighted by Crippen LogP contribution is 2.36. The molecule has 0 radical (unpaired) electrons. The van der Waals surface area contributed by atoms with Crippen LogP contribution in [0.4, 0.5) is 0 Å². The Kier molecular flexibility index (Phi) is 4.00. The third-order valence-corrected chi connectivity index (χ3v) is 5.13. The first-order valence-electron chi connectivity index (χ1n) is 9.22. The number of fused-ring (bicyclic) bond motifs is 1. The van der Waals surface area contributed by atoms with Gasteiger partial charge in [0.1, 0.15) is 0 Å². The van der Waals surface area contributed by atoms with E-state index in [-0.39, 0.29) is 18.6 Å². The van der Waals surface area contributed by atoms with Crippen LogP contribution in [0.1, 0.15) is 29.4 Å². The lowest BCUT2D eigenvalue weighted by atomic mass is 10.1. The number of carbonyl (C=O) groups excluding carboxylic acids is 1. The Bertz CT molecular complexity index is 1030. The van der Waals surface area contributed by atoms with Gasteiger partial charge in [-0.05, 0) is 30.7 Å². The molecule has 1 fully saturated rings. The Morgan fingerprint density at radius 2 is 1.93 bits per heavy atom. The number of benzene rings is 2. The molecule has 142 valence electrons. The van der Waals surface area contributed by atoms with Crippen molar-refractivity contribution in [3.8, 4) is 22.9 Å². The number of ether oxygens (including phenoxy) is 2. The summed E-state index contributed by atoms with van der Waals surface area (Å²) >= 11 is 0. The van der Waals surface area contributed by atoms with Crippen LogP contribution >= 0.6 is 0 Å². The molecule has 0 spiro atoms. The number of aromatic nitrogens is 2. The van der Waals surface area contributed by atoms with Crippen LogP contribution in [0.5, 0.6) is 11.5 Å². The van der Waals surface area contributed by atoms with Gasteiger partial charge in [0.15, 0.2) is 11.5 Å². The zero-order chi connectivity index (χ0) is 19.1. The van der Waals surface area contributed by atoms with Crippen LogP contribution in [-0.2, 0) is 11.3 Å². The van der Waals surface area contributed by atoms with Gasteiger partial charge in [-0.2, -0.15) is 4.98 Å². The Morgan fingerprint density at radius 1 is 1.11 bits per heavy atom. The summed E-state index contributed by atoms with van der Waals surface area (Å²) < 4.78 is 16.2. The molecule has 7 nitrogen and oxygen atoms in total. The molecule has 1 saturated heterocycles. The van der Waals surface area contributed by atoms with E-state index < -0.39 is 0 Å². The van der Waals surface area contributed by atoms with E-state index in [1.807, 2.05) is 30.0 Å². The van der Waals surface area contributed by atoms with Gasteiger partial charge in [0.25, 0.3) is 0 Å². The maximum absolute atomic E-state index is 12.4. The number of hydrogen-bond donors (Lipinski definition) is 0. The Morgan fingerprint density at radius 3 is 2.79 bits per heavy atom. The van der Waals surface area contributed by atoms with Crippen LogP contribution in [-0.4, -0.2) is 34.3 Å². The van der Waals surface area contributed by atoms with Crippen LogP contribution in [0.2, 0.25) is 0 Å². The largest absolute Gasteiger partial charge is 0.454 e. The minimum atomic E-state index is -0.0896. The maximum Gasteiger partial charge on any atom is 0.232 e. The molecule has 0 bridgehead atoms. The van der Waals surface area contributed by atoms with Crippen molar-refractivity contribution < 1.29 is 18.8 Å². The zero-order valence-electron chi connectivity index (χ0n) is 15.4. The van der Waals surface area contributed by atoms with Gasteiger partial charge < -0.3 is 18.9 Å². The van der Waals surface area contributed by atoms with Gasteiger partial charge in [-0.25, -0.2) is 0 Å². The predicted octanol–water partition coefficient (Wildman–Crippen LogP) is 3.29. The van der Waals surface area contributed by atoms with Gasteiger partial charge in [-0.3, -0.25) is 4.79 Å². The van der Waals surface area contributed by atoms with Gasteiger partial charge in [-0.15, -0.1) is 0 Å². The van der Waals surface area contributed by atoms with Crippen LogP contribution in [0.25, 0.3) is 11.4 Å². The van der Waals surface area contributed by atoms with E-state index in [1.165, 1.54) is 5.56 Å². The van der Waals surface area contributed by atoms with E-state index in [0.29, 0.717) is 42.7 Å². The average Bonchev–Trinajstić information content (AvgIpc) is 3.43. The fourth-order valence-electron chi connectivity index (χ4n) is 3.56. The molecule has 5 rings (SSSR count). The number of likely N-dealkylation sites (tertiary alicyclic amines) is 1. The summed E-state index contributed by atoms with van der Waals surface area (Å²) in [7, 11) is 0. The summed E-state index contributed by atoms with van der Waals surface area (Å²) in [4.78, 5) is 18.8. The summed E-state index contributed by atoms with van der Waals surface area (Å²) in [5.41, 5.74) is 3.11. The molecule has 3 heterocycles. The minimum absolute atomic E-state index is 0.0896. The number of rotatable bonds is 4. The highest BCUT2D eigenvalue weighted by atomic mass is 16.7. The topological polar surface area (TPSA) is 77.7 Å². The van der Waals surface area contributed by atoms with Gasteiger partial charge in [0.05, 0.1) is 5.92 Å². The van der Waals surface area contributed by atoms with Crippen LogP contribution in [0.3, 0.4) is 0 Å². The first kappa shape index (κ1) is 16.8. The van der Waals surface area contributed by atoms with E-state index >= 15 is 0 Å². The second-order valence-corrected chi connectivity index (χ2v) is 7.19. The van der Waals surface area contributed by atoms with Crippen molar-refractivity contribution in [2.45, 2.75) is 25.8 Å². The minimum Gasteiger partial charge on any atom is -0.454 e. The van der Waals surface area contributed by atoms with Crippen molar-refractivity contribution in [1.29, 1.82) is 0 Å². The monoisotopic (exact) mass is 377 g/mol. The quantitative estimate of drug-likeness (QED) is 0.694. The maximum atomic E-state index is 12.4. The third-order valence-electron chi connectivity index (χ3n) is 5.13. The van der Waals surface area contributed by atoms with Crippen molar-refractivity contribution in [1.82, 2.24) is 15.0 Å². The molecule has 0 aliphatic carbocycles. The van der Waals surface area contributed by atoms with Crippen molar-refractivity contribution in [2.24, 2.45) is 0 Å². The number of amides is 1. The van der Waals surface area contributed by atoms with Crippen LogP contribution in [0.15, 0.2) is 47.0 Å². The molecule has 3 aromatic rings. The van der Waals surface area contributed by atoms with E-state index in [9.17, 15) is 4.79 Å². The van der Waals surface area contributed by atoms with E-state index in [1.54, 1.807) is 0 Å². The molecule has 1 unspecified atom stereocenters. The average molecular weight is 377 g/mol. The smallest absolute Gasteiger partial charge is 0.232 e. The third kappa shape index (κ3) is 3.09. The van der Waals surface area contributed by atoms with E-state index in [4.69, 9.17) is 14.0 Å².